The molecule has 0 aliphatic rings. The van der Waals surface area contributed by atoms with Crippen molar-refractivity contribution in [2.45, 2.75) is 6.92 Å². The van der Waals surface area contributed by atoms with Crippen LogP contribution in [0.15, 0.2) is 29.3 Å². The highest BCUT2D eigenvalue weighted by atomic mass is 14.7. The molecule has 0 fully saturated rings. The van der Waals surface area contributed by atoms with Gasteiger partial charge in [0.05, 0.1) is 0 Å². The summed E-state index contributed by atoms with van der Waals surface area (Å²) in [6.07, 6.45) is 0. The van der Waals surface area contributed by atoms with Crippen LogP contribution in [0, 0.1) is 18.3 Å². The zero-order chi connectivity index (χ0) is 8.97. The third-order valence-electron chi connectivity index (χ3n) is 1.73. The number of benzene rings is 1. The molecule has 12 heavy (non-hydrogen) atoms. The Hall–Kier alpha value is -1.62. The molecule has 0 radical (unpaired) electrons. The van der Waals surface area contributed by atoms with Gasteiger partial charge in [-0.2, -0.15) is 5.26 Å². The Morgan fingerprint density at radius 3 is 2.58 bits per heavy atom. The van der Waals surface area contributed by atoms with E-state index in [1.165, 1.54) is 0 Å². The number of hydrogen-bond acceptors (Lipinski definition) is 2. The van der Waals surface area contributed by atoms with Crippen LogP contribution in [0.2, 0.25) is 0 Å². The van der Waals surface area contributed by atoms with E-state index < -0.39 is 0 Å². The van der Waals surface area contributed by atoms with Crippen molar-refractivity contribution in [1.29, 1.82) is 5.26 Å². The lowest BCUT2D eigenvalue weighted by molar-refractivity contribution is 1.38. The molecule has 0 amide bonds. The molecule has 2 heteroatoms. The molecule has 0 atom stereocenters. The average Bonchev–Trinajstić information content (AvgIpc) is 2.10. The van der Waals surface area contributed by atoms with Gasteiger partial charge in [-0.25, -0.2) is 0 Å². The van der Waals surface area contributed by atoms with Crippen LogP contribution in [0.4, 0.5) is 0 Å². The van der Waals surface area contributed by atoms with Crippen molar-refractivity contribution < 1.29 is 0 Å². The number of nitrogens with zero attached hydrogens (tertiary/aromatic N) is 2. The first kappa shape index (κ1) is 8.48. The lowest BCUT2D eigenvalue weighted by Crippen LogP contribution is -1.99. The van der Waals surface area contributed by atoms with E-state index in [1.54, 1.807) is 7.05 Å². The fraction of sp³-hybridized carbons (Fsp3) is 0.200. The summed E-state index contributed by atoms with van der Waals surface area (Å²) in [5.41, 5.74) is 2.50. The molecule has 0 unspecified atom stereocenters. The van der Waals surface area contributed by atoms with Gasteiger partial charge in [0, 0.05) is 12.6 Å². The van der Waals surface area contributed by atoms with Crippen LogP contribution in [0.5, 0.6) is 0 Å². The molecule has 0 saturated heterocycles. The van der Waals surface area contributed by atoms with E-state index >= 15 is 0 Å². The molecule has 0 aliphatic carbocycles. The maximum absolute atomic E-state index is 8.72. The monoisotopic (exact) mass is 158 g/mol. The molecule has 0 N–H and O–H groups in total. The zero-order valence-corrected chi connectivity index (χ0v) is 7.20. The van der Waals surface area contributed by atoms with Crippen molar-refractivity contribution in [2.24, 2.45) is 4.99 Å². The predicted octanol–water partition coefficient (Wildman–Crippen LogP) is 1.94. The van der Waals surface area contributed by atoms with Crippen molar-refractivity contribution in [3.63, 3.8) is 0 Å². The molecule has 60 valence electrons. The maximum atomic E-state index is 8.72. The second-order valence-electron chi connectivity index (χ2n) is 2.50. The number of nitriles is 1. The third kappa shape index (κ3) is 1.51. The van der Waals surface area contributed by atoms with Gasteiger partial charge in [0.2, 0.25) is 0 Å². The van der Waals surface area contributed by atoms with Crippen molar-refractivity contribution in [3.8, 4) is 6.07 Å². The summed E-state index contributed by atoms with van der Waals surface area (Å²) in [5, 5.41) is 8.72. The predicted molar refractivity (Wildman–Crippen MR) is 49.3 cm³/mol. The summed E-state index contributed by atoms with van der Waals surface area (Å²) < 4.78 is 0. The Kier molecular flexibility index (Phi) is 2.60. The SMILES string of the molecule is CN=C(C#N)c1ccccc1C. The molecule has 0 saturated carbocycles. The molecule has 0 bridgehead atoms. The first-order chi connectivity index (χ1) is 5.79. The van der Waals surface area contributed by atoms with Crippen LogP contribution in [0.25, 0.3) is 0 Å². The molecule has 0 spiro atoms. The first-order valence-electron chi connectivity index (χ1n) is 3.72. The Morgan fingerprint density at radius 2 is 2.08 bits per heavy atom. The first-order valence-corrected chi connectivity index (χ1v) is 3.72. The van der Waals surface area contributed by atoms with Crippen LogP contribution in [0.3, 0.4) is 0 Å². The minimum Gasteiger partial charge on any atom is -0.277 e. The van der Waals surface area contributed by atoms with Crippen LogP contribution >= 0.6 is 0 Å². The summed E-state index contributed by atoms with van der Waals surface area (Å²) in [6, 6.07) is 9.79. The minimum atomic E-state index is 0.494. The van der Waals surface area contributed by atoms with Gasteiger partial charge < -0.3 is 0 Å². The van der Waals surface area contributed by atoms with Crippen LogP contribution in [-0.2, 0) is 0 Å². The quantitative estimate of drug-likeness (QED) is 0.575. The average molecular weight is 158 g/mol. The van der Waals surface area contributed by atoms with E-state index in [-0.39, 0.29) is 0 Å². The van der Waals surface area contributed by atoms with E-state index in [4.69, 9.17) is 5.26 Å². The second-order valence-corrected chi connectivity index (χ2v) is 2.50. The molecule has 1 rings (SSSR count). The normalized spacial score (nSPS) is 10.9. The second kappa shape index (κ2) is 3.68. The van der Waals surface area contributed by atoms with E-state index in [0.717, 1.165) is 11.1 Å². The molecular weight excluding hydrogens is 148 g/mol. The van der Waals surface area contributed by atoms with Crippen LogP contribution < -0.4 is 0 Å². The molecule has 2 nitrogen and oxygen atoms in total. The van der Waals surface area contributed by atoms with Gasteiger partial charge in [0.1, 0.15) is 11.8 Å². The molecule has 1 aromatic rings. The Bertz CT molecular complexity index is 345. The number of aliphatic imine (C=N–C) groups is 1. The van der Waals surface area contributed by atoms with Gasteiger partial charge in [0.15, 0.2) is 0 Å². The van der Waals surface area contributed by atoms with Crippen molar-refractivity contribution in [3.05, 3.63) is 35.4 Å². The fourth-order valence-electron chi connectivity index (χ4n) is 1.07. The highest BCUT2D eigenvalue weighted by Gasteiger charge is 2.02. The third-order valence-corrected chi connectivity index (χ3v) is 1.73. The lowest BCUT2D eigenvalue weighted by Gasteiger charge is -2.00. The molecule has 1 aromatic carbocycles. The van der Waals surface area contributed by atoms with E-state index in [2.05, 4.69) is 11.1 Å². The van der Waals surface area contributed by atoms with Gasteiger partial charge in [0.25, 0.3) is 0 Å². The maximum Gasteiger partial charge on any atom is 0.142 e. The highest BCUT2D eigenvalue weighted by molar-refractivity contribution is 6.12. The lowest BCUT2D eigenvalue weighted by atomic mass is 10.1. The Labute approximate surface area is 72.2 Å². The Balaban J connectivity index is 3.21. The zero-order valence-electron chi connectivity index (χ0n) is 7.20. The number of aryl methyl sites for hydroxylation is 1. The van der Waals surface area contributed by atoms with Gasteiger partial charge in [-0.05, 0) is 12.5 Å². The summed E-state index contributed by atoms with van der Waals surface area (Å²) in [5.74, 6) is 0. The highest BCUT2D eigenvalue weighted by Crippen LogP contribution is 2.07. The van der Waals surface area contributed by atoms with Gasteiger partial charge in [-0.3, -0.25) is 4.99 Å². The van der Waals surface area contributed by atoms with E-state index in [0.29, 0.717) is 5.71 Å². The molecule has 0 aromatic heterocycles. The summed E-state index contributed by atoms with van der Waals surface area (Å²) >= 11 is 0. The van der Waals surface area contributed by atoms with E-state index in [9.17, 15) is 0 Å². The summed E-state index contributed by atoms with van der Waals surface area (Å²) in [4.78, 5) is 3.89. The fourth-order valence-corrected chi connectivity index (χ4v) is 1.07. The number of hydrogen-bond donors (Lipinski definition) is 0. The van der Waals surface area contributed by atoms with Gasteiger partial charge >= 0.3 is 0 Å². The molecule has 0 heterocycles. The topological polar surface area (TPSA) is 36.1 Å². The largest absolute Gasteiger partial charge is 0.277 e. The molecule has 0 aliphatic heterocycles. The van der Waals surface area contributed by atoms with Gasteiger partial charge in [-0.15, -0.1) is 0 Å². The van der Waals surface area contributed by atoms with Crippen molar-refractivity contribution in [1.82, 2.24) is 0 Å². The van der Waals surface area contributed by atoms with Gasteiger partial charge in [-0.1, -0.05) is 24.3 Å². The van der Waals surface area contributed by atoms with E-state index in [1.807, 2.05) is 31.2 Å². The summed E-state index contributed by atoms with van der Waals surface area (Å²) in [7, 11) is 1.63. The standard InChI is InChI=1S/C10H10N2/c1-8-5-3-4-6-9(8)10(7-11)12-2/h3-6H,1-2H3. The van der Waals surface area contributed by atoms with Crippen molar-refractivity contribution in [2.75, 3.05) is 7.05 Å². The number of rotatable bonds is 1. The Morgan fingerprint density at radius 1 is 1.42 bits per heavy atom. The van der Waals surface area contributed by atoms with Crippen LogP contribution in [-0.4, -0.2) is 12.8 Å². The van der Waals surface area contributed by atoms with Crippen LogP contribution in [0.1, 0.15) is 11.1 Å². The summed E-state index contributed by atoms with van der Waals surface area (Å²) in [6.45, 7) is 1.97. The molecular formula is C10H10N2. The smallest absolute Gasteiger partial charge is 0.142 e. The van der Waals surface area contributed by atoms with Crippen molar-refractivity contribution >= 4 is 5.71 Å². The minimum absolute atomic E-state index is 0.494.